The topological polar surface area (TPSA) is 33.3 Å². The molecule has 0 aliphatic carbocycles. The van der Waals surface area contributed by atoms with Crippen molar-refractivity contribution in [3.63, 3.8) is 0 Å². The lowest BCUT2D eigenvalue weighted by molar-refractivity contribution is 0.0731. The van der Waals surface area contributed by atoms with Gasteiger partial charge in [0, 0.05) is 23.1 Å². The normalized spacial score (nSPS) is 21.6. The maximum atomic E-state index is 6.18. The van der Waals surface area contributed by atoms with Crippen LogP contribution in [0.15, 0.2) is 22.7 Å². The summed E-state index contributed by atoms with van der Waals surface area (Å²) < 4.78 is 6.44. The van der Waals surface area contributed by atoms with Crippen molar-refractivity contribution in [2.75, 3.05) is 25.1 Å². The fraction of sp³-hybridized carbons (Fsp3) is 0.538. The average molecular weight is 334 g/mol. The second-order valence-corrected chi connectivity index (χ2v) is 5.95. The van der Waals surface area contributed by atoms with E-state index < -0.39 is 0 Å². The fourth-order valence-electron chi connectivity index (χ4n) is 2.13. The molecule has 5 heteroatoms. The Hall–Kier alpha value is -0.290. The van der Waals surface area contributed by atoms with E-state index >= 15 is 0 Å². The number of hydrogen-bond donors (Lipinski definition) is 2. The van der Waals surface area contributed by atoms with Crippen LogP contribution in [0.5, 0.6) is 0 Å². The van der Waals surface area contributed by atoms with Crippen molar-refractivity contribution >= 4 is 33.2 Å². The van der Waals surface area contributed by atoms with Gasteiger partial charge < -0.3 is 15.4 Å². The first kappa shape index (κ1) is 14.1. The standard InChI is InChI=1S/C13H18BrClN2O/c1-9(6-11-8-18-5-4-16-11)17-13-3-2-10(14)7-12(13)15/h2-3,7,9,11,16-17H,4-6,8H2,1H3. The van der Waals surface area contributed by atoms with Crippen LogP contribution >= 0.6 is 27.5 Å². The van der Waals surface area contributed by atoms with Crippen molar-refractivity contribution in [3.05, 3.63) is 27.7 Å². The van der Waals surface area contributed by atoms with Gasteiger partial charge in [-0.1, -0.05) is 27.5 Å². The van der Waals surface area contributed by atoms with E-state index in [1.165, 1.54) is 0 Å². The molecule has 2 unspecified atom stereocenters. The number of halogens is 2. The molecule has 2 N–H and O–H groups in total. The Morgan fingerprint density at radius 1 is 1.61 bits per heavy atom. The van der Waals surface area contributed by atoms with Gasteiger partial charge in [0.15, 0.2) is 0 Å². The van der Waals surface area contributed by atoms with E-state index in [9.17, 15) is 0 Å². The molecule has 0 radical (unpaired) electrons. The third-order valence-corrected chi connectivity index (χ3v) is 3.78. The molecule has 100 valence electrons. The molecule has 0 bridgehead atoms. The number of anilines is 1. The van der Waals surface area contributed by atoms with Crippen molar-refractivity contribution < 1.29 is 4.74 Å². The predicted molar refractivity (Wildman–Crippen MR) is 79.5 cm³/mol. The first-order chi connectivity index (χ1) is 8.65. The molecular weight excluding hydrogens is 316 g/mol. The highest BCUT2D eigenvalue weighted by Crippen LogP contribution is 2.26. The second kappa shape index (κ2) is 6.75. The van der Waals surface area contributed by atoms with Crippen LogP contribution in [0.3, 0.4) is 0 Å². The SMILES string of the molecule is CC(CC1COCCN1)Nc1ccc(Br)cc1Cl. The minimum absolute atomic E-state index is 0.350. The third kappa shape index (κ3) is 4.12. The van der Waals surface area contributed by atoms with Gasteiger partial charge in [0.05, 0.1) is 23.9 Å². The summed E-state index contributed by atoms with van der Waals surface area (Å²) in [5, 5.41) is 7.63. The fourth-order valence-corrected chi connectivity index (χ4v) is 2.86. The van der Waals surface area contributed by atoms with E-state index in [-0.39, 0.29) is 0 Å². The Kier molecular flexibility index (Phi) is 5.30. The molecule has 0 aromatic heterocycles. The lowest BCUT2D eigenvalue weighted by Crippen LogP contribution is -2.43. The van der Waals surface area contributed by atoms with Crippen molar-refractivity contribution in [2.45, 2.75) is 25.4 Å². The van der Waals surface area contributed by atoms with Crippen LogP contribution in [0.25, 0.3) is 0 Å². The minimum atomic E-state index is 0.350. The Balaban J connectivity index is 1.87. The Morgan fingerprint density at radius 2 is 2.44 bits per heavy atom. The largest absolute Gasteiger partial charge is 0.381 e. The molecule has 1 fully saturated rings. The van der Waals surface area contributed by atoms with Gasteiger partial charge in [-0.15, -0.1) is 0 Å². The minimum Gasteiger partial charge on any atom is -0.381 e. The Morgan fingerprint density at radius 3 is 3.11 bits per heavy atom. The van der Waals surface area contributed by atoms with Gasteiger partial charge in [-0.3, -0.25) is 0 Å². The number of rotatable bonds is 4. The molecule has 1 heterocycles. The molecular formula is C13H18BrClN2O. The molecule has 2 atom stereocenters. The first-order valence-corrected chi connectivity index (χ1v) is 7.35. The zero-order chi connectivity index (χ0) is 13.0. The predicted octanol–water partition coefficient (Wildman–Crippen LogP) is 3.28. The summed E-state index contributed by atoms with van der Waals surface area (Å²) in [6.07, 6.45) is 1.02. The molecule has 0 amide bonds. The van der Waals surface area contributed by atoms with Gasteiger partial charge >= 0.3 is 0 Å². The van der Waals surface area contributed by atoms with Crippen molar-refractivity contribution in [2.24, 2.45) is 0 Å². The average Bonchev–Trinajstić information content (AvgIpc) is 2.34. The molecule has 0 saturated carbocycles. The van der Waals surface area contributed by atoms with Gasteiger partial charge in [0.1, 0.15) is 0 Å². The summed E-state index contributed by atoms with van der Waals surface area (Å²) >= 11 is 9.59. The summed E-state index contributed by atoms with van der Waals surface area (Å²) in [7, 11) is 0. The van der Waals surface area contributed by atoms with E-state index in [1.807, 2.05) is 18.2 Å². The van der Waals surface area contributed by atoms with E-state index in [0.29, 0.717) is 12.1 Å². The maximum absolute atomic E-state index is 6.18. The highest BCUT2D eigenvalue weighted by atomic mass is 79.9. The summed E-state index contributed by atoms with van der Waals surface area (Å²) in [4.78, 5) is 0. The maximum Gasteiger partial charge on any atom is 0.0648 e. The lowest BCUT2D eigenvalue weighted by Gasteiger charge is -2.27. The molecule has 1 aliphatic rings. The van der Waals surface area contributed by atoms with E-state index in [4.69, 9.17) is 16.3 Å². The molecule has 0 spiro atoms. The molecule has 1 saturated heterocycles. The Labute approximate surface area is 121 Å². The number of nitrogens with one attached hydrogen (secondary N) is 2. The van der Waals surface area contributed by atoms with Crippen LogP contribution in [-0.2, 0) is 4.74 Å². The van der Waals surface area contributed by atoms with E-state index in [0.717, 1.165) is 41.4 Å². The number of benzene rings is 1. The quantitative estimate of drug-likeness (QED) is 0.887. The zero-order valence-electron chi connectivity index (χ0n) is 10.4. The third-order valence-electron chi connectivity index (χ3n) is 2.97. The summed E-state index contributed by atoms with van der Waals surface area (Å²) in [6, 6.07) is 6.66. The lowest BCUT2D eigenvalue weighted by atomic mass is 10.1. The van der Waals surface area contributed by atoms with Gasteiger partial charge in [-0.05, 0) is 31.5 Å². The summed E-state index contributed by atoms with van der Waals surface area (Å²) in [5.41, 5.74) is 0.976. The van der Waals surface area contributed by atoms with E-state index in [2.05, 4.69) is 33.5 Å². The Bertz CT molecular complexity index is 397. The molecule has 2 rings (SSSR count). The van der Waals surface area contributed by atoms with Gasteiger partial charge in [-0.25, -0.2) is 0 Å². The summed E-state index contributed by atoms with van der Waals surface area (Å²) in [6.45, 7) is 4.71. The van der Waals surface area contributed by atoms with Gasteiger partial charge in [0.2, 0.25) is 0 Å². The first-order valence-electron chi connectivity index (χ1n) is 6.18. The second-order valence-electron chi connectivity index (χ2n) is 4.63. The van der Waals surface area contributed by atoms with Crippen LogP contribution in [-0.4, -0.2) is 31.8 Å². The number of hydrogen-bond acceptors (Lipinski definition) is 3. The molecule has 1 aromatic rings. The zero-order valence-corrected chi connectivity index (χ0v) is 12.7. The van der Waals surface area contributed by atoms with Crippen LogP contribution in [0.4, 0.5) is 5.69 Å². The van der Waals surface area contributed by atoms with Crippen LogP contribution < -0.4 is 10.6 Å². The highest BCUT2D eigenvalue weighted by molar-refractivity contribution is 9.10. The van der Waals surface area contributed by atoms with Crippen LogP contribution in [0.2, 0.25) is 5.02 Å². The van der Waals surface area contributed by atoms with Crippen molar-refractivity contribution in [3.8, 4) is 0 Å². The summed E-state index contributed by atoms with van der Waals surface area (Å²) in [5.74, 6) is 0. The number of ether oxygens (including phenoxy) is 1. The van der Waals surface area contributed by atoms with Crippen LogP contribution in [0, 0.1) is 0 Å². The molecule has 18 heavy (non-hydrogen) atoms. The van der Waals surface area contributed by atoms with Crippen molar-refractivity contribution in [1.29, 1.82) is 0 Å². The van der Waals surface area contributed by atoms with Crippen LogP contribution in [0.1, 0.15) is 13.3 Å². The van der Waals surface area contributed by atoms with Gasteiger partial charge in [-0.2, -0.15) is 0 Å². The smallest absolute Gasteiger partial charge is 0.0648 e. The van der Waals surface area contributed by atoms with Gasteiger partial charge in [0.25, 0.3) is 0 Å². The molecule has 1 aromatic carbocycles. The van der Waals surface area contributed by atoms with E-state index in [1.54, 1.807) is 0 Å². The molecule has 3 nitrogen and oxygen atoms in total. The van der Waals surface area contributed by atoms with Crippen molar-refractivity contribution in [1.82, 2.24) is 5.32 Å². The highest BCUT2D eigenvalue weighted by Gasteiger charge is 2.16. The number of morpholine rings is 1. The molecule has 1 aliphatic heterocycles. The monoisotopic (exact) mass is 332 g/mol.